The second-order valence-electron chi connectivity index (χ2n) is 4.35. The third-order valence-corrected chi connectivity index (χ3v) is 6.63. The van der Waals surface area contributed by atoms with Crippen LogP contribution in [0.2, 0.25) is 0 Å². The van der Waals surface area contributed by atoms with E-state index >= 15 is 0 Å². The van der Waals surface area contributed by atoms with Crippen LogP contribution in [-0.2, 0) is 0 Å². The van der Waals surface area contributed by atoms with Gasteiger partial charge < -0.3 is 0 Å². The molecule has 0 fully saturated rings. The zero-order valence-corrected chi connectivity index (χ0v) is 16.7. The minimum Gasteiger partial charge on any atom is -0.143 e. The molecule has 106 valence electrons. The van der Waals surface area contributed by atoms with Gasteiger partial charge in [0.1, 0.15) is 0 Å². The second kappa shape index (κ2) is 8.63. The Bertz CT molecular complexity index is 483. The lowest BCUT2D eigenvalue weighted by atomic mass is 9.92. The number of thiophene rings is 1. The van der Waals surface area contributed by atoms with Gasteiger partial charge in [0.2, 0.25) is 0 Å². The normalized spacial score (nSPS) is 14.2. The molecule has 0 N–H and O–H groups in total. The van der Waals surface area contributed by atoms with Crippen LogP contribution in [0.25, 0.3) is 5.57 Å². The zero-order chi connectivity index (χ0) is 14.4. The molecule has 1 aromatic rings. The largest absolute Gasteiger partial charge is 0.143 e. The van der Waals surface area contributed by atoms with Gasteiger partial charge in [-0.1, -0.05) is 27.7 Å². The van der Waals surface area contributed by atoms with Crippen LogP contribution in [0, 0.1) is 0 Å². The summed E-state index contributed by atoms with van der Waals surface area (Å²) in [6.45, 7) is 9.07. The third kappa shape index (κ3) is 4.18. The van der Waals surface area contributed by atoms with Gasteiger partial charge in [-0.3, -0.25) is 0 Å². The quantitative estimate of drug-likeness (QED) is 0.308. The van der Waals surface area contributed by atoms with Gasteiger partial charge in [-0.2, -0.15) is 0 Å². The fraction of sp³-hybridized carbons (Fsp3) is 0.500. The second-order valence-corrected chi connectivity index (χ2v) is 7.43. The zero-order valence-electron chi connectivity index (χ0n) is 12.1. The highest BCUT2D eigenvalue weighted by Crippen LogP contribution is 2.39. The van der Waals surface area contributed by atoms with Crippen molar-refractivity contribution in [1.82, 2.24) is 0 Å². The van der Waals surface area contributed by atoms with E-state index in [-0.39, 0.29) is 0 Å². The smallest absolute Gasteiger partial charge is 0.0447 e. The Morgan fingerprint density at radius 2 is 1.68 bits per heavy atom. The molecule has 1 rings (SSSR count). The van der Waals surface area contributed by atoms with Crippen LogP contribution in [-0.4, -0.2) is 0 Å². The molecule has 0 aliphatic carbocycles. The van der Waals surface area contributed by atoms with Crippen LogP contribution >= 0.6 is 49.9 Å². The van der Waals surface area contributed by atoms with Gasteiger partial charge >= 0.3 is 0 Å². The number of rotatable bonds is 6. The molecule has 19 heavy (non-hydrogen) atoms. The molecule has 0 aliphatic rings. The highest BCUT2D eigenvalue weighted by molar-refractivity contribution is 14.1. The van der Waals surface area contributed by atoms with Crippen molar-refractivity contribution in [3.05, 3.63) is 35.5 Å². The molecular weight excluding hydrogens is 431 g/mol. The maximum Gasteiger partial charge on any atom is 0.0447 e. The van der Waals surface area contributed by atoms with Crippen LogP contribution in [0.1, 0.15) is 58.3 Å². The molecule has 0 saturated carbocycles. The van der Waals surface area contributed by atoms with E-state index in [2.05, 4.69) is 77.7 Å². The summed E-state index contributed by atoms with van der Waals surface area (Å²) >= 11 is 8.05. The summed E-state index contributed by atoms with van der Waals surface area (Å²) in [5.74, 6) is 0. The molecule has 0 atom stereocenters. The summed E-state index contributed by atoms with van der Waals surface area (Å²) in [5.41, 5.74) is 4.63. The molecule has 0 aromatic carbocycles. The number of allylic oxidation sites excluding steroid dienone is 4. The number of halogens is 2. The topological polar surface area (TPSA) is 0 Å². The number of hydrogen-bond donors (Lipinski definition) is 0. The Morgan fingerprint density at radius 3 is 2.05 bits per heavy atom. The van der Waals surface area contributed by atoms with E-state index < -0.39 is 0 Å². The summed E-state index contributed by atoms with van der Waals surface area (Å²) in [6.07, 6.45) is 4.47. The molecule has 0 bridgehead atoms. The minimum atomic E-state index is 1.10. The van der Waals surface area contributed by atoms with E-state index in [0.717, 1.165) is 25.7 Å². The summed E-state index contributed by atoms with van der Waals surface area (Å²) in [7, 11) is 0. The van der Waals surface area contributed by atoms with E-state index in [1.165, 1.54) is 18.5 Å². The van der Waals surface area contributed by atoms with Crippen molar-refractivity contribution in [3.8, 4) is 0 Å². The summed E-state index contributed by atoms with van der Waals surface area (Å²) in [6, 6.07) is 2.16. The first-order chi connectivity index (χ1) is 9.10. The van der Waals surface area contributed by atoms with Crippen molar-refractivity contribution in [2.24, 2.45) is 0 Å². The average Bonchev–Trinajstić information content (AvgIpc) is 2.84. The van der Waals surface area contributed by atoms with Crippen LogP contribution in [0.15, 0.2) is 30.6 Å². The van der Waals surface area contributed by atoms with Crippen molar-refractivity contribution in [2.75, 3.05) is 0 Å². The first-order valence-electron chi connectivity index (χ1n) is 6.93. The molecule has 0 nitrogen and oxygen atoms in total. The predicted octanol–water partition coefficient (Wildman–Crippen LogP) is 7.59. The fourth-order valence-electron chi connectivity index (χ4n) is 2.41. The van der Waals surface area contributed by atoms with E-state index in [1.54, 1.807) is 11.1 Å². The van der Waals surface area contributed by atoms with Crippen molar-refractivity contribution in [2.45, 2.75) is 53.4 Å². The van der Waals surface area contributed by atoms with Gasteiger partial charge in [-0.15, -0.1) is 11.3 Å². The summed E-state index contributed by atoms with van der Waals surface area (Å²) in [5, 5.41) is 2.17. The Kier molecular flexibility index (Phi) is 7.92. The highest BCUT2D eigenvalue weighted by atomic mass is 127. The molecule has 1 heterocycles. The van der Waals surface area contributed by atoms with Gasteiger partial charge in [0.25, 0.3) is 0 Å². The first-order valence-corrected chi connectivity index (χ1v) is 9.68. The number of hydrogen-bond acceptors (Lipinski definition) is 1. The average molecular weight is 453 g/mol. The Hall–Kier alpha value is 0.390. The van der Waals surface area contributed by atoms with Crippen molar-refractivity contribution in [3.63, 3.8) is 0 Å². The van der Waals surface area contributed by atoms with Gasteiger partial charge in [0.15, 0.2) is 0 Å². The molecule has 0 aliphatic heterocycles. The van der Waals surface area contributed by atoms with Crippen LogP contribution < -0.4 is 0 Å². The molecule has 3 heteroatoms. The van der Waals surface area contributed by atoms with E-state index in [9.17, 15) is 0 Å². The maximum absolute atomic E-state index is 3.69. The van der Waals surface area contributed by atoms with Crippen molar-refractivity contribution < 1.29 is 0 Å². The molecule has 0 saturated heterocycles. The molecule has 0 unspecified atom stereocenters. The van der Waals surface area contributed by atoms with E-state index in [4.69, 9.17) is 0 Å². The Morgan fingerprint density at radius 1 is 1.05 bits per heavy atom. The van der Waals surface area contributed by atoms with Crippen molar-refractivity contribution in [1.29, 1.82) is 0 Å². The minimum absolute atomic E-state index is 1.10. The van der Waals surface area contributed by atoms with Gasteiger partial charge in [-0.05, 0) is 95.9 Å². The van der Waals surface area contributed by atoms with Gasteiger partial charge in [0.05, 0.1) is 0 Å². The first kappa shape index (κ1) is 17.4. The molecule has 0 spiro atoms. The molecular formula is C16H22BrIS. The fourth-order valence-corrected chi connectivity index (χ4v) is 4.88. The van der Waals surface area contributed by atoms with Gasteiger partial charge in [-0.25, -0.2) is 0 Å². The highest BCUT2D eigenvalue weighted by Gasteiger charge is 2.15. The lowest BCUT2D eigenvalue weighted by Gasteiger charge is -2.17. The summed E-state index contributed by atoms with van der Waals surface area (Å²) in [4.78, 5) is 1.41. The Labute approximate surface area is 143 Å². The molecule has 0 radical (unpaired) electrons. The maximum atomic E-state index is 3.69. The SMILES string of the molecule is CC/C(I)=C(CC)/C(CC)=C(\CC)c1sccc1Br. The lowest BCUT2D eigenvalue weighted by molar-refractivity contribution is 0.991. The Balaban J connectivity index is 3.46. The lowest BCUT2D eigenvalue weighted by Crippen LogP contribution is -1.96. The predicted molar refractivity (Wildman–Crippen MR) is 101 cm³/mol. The van der Waals surface area contributed by atoms with E-state index in [0.29, 0.717) is 0 Å². The van der Waals surface area contributed by atoms with Crippen LogP contribution in [0.5, 0.6) is 0 Å². The van der Waals surface area contributed by atoms with Crippen LogP contribution in [0.3, 0.4) is 0 Å². The van der Waals surface area contributed by atoms with E-state index in [1.807, 2.05) is 11.3 Å². The van der Waals surface area contributed by atoms with Crippen LogP contribution in [0.4, 0.5) is 0 Å². The third-order valence-electron chi connectivity index (χ3n) is 3.32. The molecule has 0 amide bonds. The van der Waals surface area contributed by atoms with Crippen molar-refractivity contribution >= 4 is 55.4 Å². The summed E-state index contributed by atoms with van der Waals surface area (Å²) < 4.78 is 2.75. The standard InChI is InChI=1S/C16H22BrIS/c1-5-11(12(6-2)15(18)8-4)13(7-3)16-14(17)9-10-19-16/h9-10H,5-8H2,1-4H3/b13-11+,15-12-. The monoisotopic (exact) mass is 452 g/mol. The van der Waals surface area contributed by atoms with Gasteiger partial charge in [0, 0.05) is 9.35 Å². The molecule has 1 aromatic heterocycles.